The second-order valence-electron chi connectivity index (χ2n) is 6.19. The first-order valence-corrected chi connectivity index (χ1v) is 8.50. The Bertz CT molecular complexity index is 758. The molecule has 0 unspecified atom stereocenters. The van der Waals surface area contributed by atoms with Crippen LogP contribution in [0.5, 0.6) is 11.6 Å². The molecule has 1 aromatic carbocycles. The topological polar surface area (TPSA) is 65.3 Å². The lowest BCUT2D eigenvalue weighted by atomic mass is 9.84. The summed E-state index contributed by atoms with van der Waals surface area (Å²) in [5.41, 5.74) is 1.72. The van der Waals surface area contributed by atoms with Crippen LogP contribution in [-0.4, -0.2) is 9.91 Å². The number of benzene rings is 1. The van der Waals surface area contributed by atoms with E-state index in [1.807, 2.05) is 12.1 Å². The van der Waals surface area contributed by atoms with Crippen LogP contribution in [0.3, 0.4) is 0 Å². The third kappa shape index (κ3) is 3.67. The normalized spacial score (nSPS) is 15.2. The highest BCUT2D eigenvalue weighted by Gasteiger charge is 2.17. The van der Waals surface area contributed by atoms with E-state index < -0.39 is 4.92 Å². The zero-order valence-corrected chi connectivity index (χ0v) is 14.3. The van der Waals surface area contributed by atoms with Gasteiger partial charge in [-0.15, -0.1) is 0 Å². The van der Waals surface area contributed by atoms with Crippen LogP contribution in [-0.2, 0) is 0 Å². The molecule has 0 radical (unpaired) electrons. The zero-order chi connectivity index (χ0) is 17.1. The van der Waals surface area contributed by atoms with Crippen molar-refractivity contribution in [2.45, 2.75) is 44.9 Å². The molecule has 3 rings (SSSR count). The number of ether oxygens (including phenoxy) is 1. The van der Waals surface area contributed by atoms with E-state index in [-0.39, 0.29) is 5.69 Å². The maximum Gasteiger partial charge on any atom is 0.290 e. The number of halogens is 1. The quantitative estimate of drug-likeness (QED) is 0.519. The van der Waals surface area contributed by atoms with Gasteiger partial charge in [-0.2, -0.15) is 0 Å². The molecule has 5 nitrogen and oxygen atoms in total. The van der Waals surface area contributed by atoms with E-state index in [1.54, 1.807) is 13.0 Å². The van der Waals surface area contributed by atoms with E-state index in [0.29, 0.717) is 28.1 Å². The summed E-state index contributed by atoms with van der Waals surface area (Å²) >= 11 is 6.36. The number of aromatic nitrogens is 1. The second kappa shape index (κ2) is 7.18. The average molecular weight is 347 g/mol. The minimum absolute atomic E-state index is 0.0268. The Hall–Kier alpha value is -2.14. The molecule has 0 spiro atoms. The van der Waals surface area contributed by atoms with E-state index in [2.05, 4.69) is 11.1 Å². The number of nitrogens with zero attached hydrogens (tertiary/aromatic N) is 2. The van der Waals surface area contributed by atoms with Gasteiger partial charge < -0.3 is 4.74 Å². The number of pyridine rings is 1. The lowest BCUT2D eigenvalue weighted by Crippen LogP contribution is -2.04. The molecular formula is C18H19ClN2O3. The predicted octanol–water partition coefficient (Wildman–Crippen LogP) is 5.79. The Morgan fingerprint density at radius 1 is 1.25 bits per heavy atom. The lowest BCUT2D eigenvalue weighted by molar-refractivity contribution is -0.385. The number of hydrogen-bond acceptors (Lipinski definition) is 4. The molecule has 1 aliphatic carbocycles. The van der Waals surface area contributed by atoms with Gasteiger partial charge in [-0.1, -0.05) is 36.9 Å². The van der Waals surface area contributed by atoms with Gasteiger partial charge in [-0.05, 0) is 43.4 Å². The van der Waals surface area contributed by atoms with Gasteiger partial charge in [-0.3, -0.25) is 10.1 Å². The van der Waals surface area contributed by atoms with Crippen LogP contribution in [0.4, 0.5) is 5.69 Å². The number of aryl methyl sites for hydroxylation is 1. The molecule has 0 aliphatic heterocycles. The highest BCUT2D eigenvalue weighted by molar-refractivity contribution is 6.32. The van der Waals surface area contributed by atoms with E-state index >= 15 is 0 Å². The maximum absolute atomic E-state index is 10.8. The Kier molecular flexibility index (Phi) is 5.00. The number of rotatable bonds is 4. The Balaban J connectivity index is 1.78. The number of hydrogen-bond donors (Lipinski definition) is 0. The first-order chi connectivity index (χ1) is 11.5. The predicted molar refractivity (Wildman–Crippen MR) is 93.0 cm³/mol. The maximum atomic E-state index is 10.8. The molecule has 0 saturated heterocycles. The molecule has 0 N–H and O–H groups in total. The smallest absolute Gasteiger partial charge is 0.290 e. The highest BCUT2D eigenvalue weighted by atomic mass is 35.5. The summed E-state index contributed by atoms with van der Waals surface area (Å²) in [6.07, 6.45) is 7.48. The fraction of sp³-hybridized carbons (Fsp3) is 0.389. The van der Waals surface area contributed by atoms with Crippen molar-refractivity contribution < 1.29 is 9.66 Å². The molecular weight excluding hydrogens is 328 g/mol. The standard InChI is InChI=1S/C18H19ClN2O3/c1-12-9-18(20-11-16(12)21(22)23)24-17-8-7-14(10-15(17)19)13-5-3-2-4-6-13/h7-11,13H,2-6H2,1H3. The molecule has 0 amide bonds. The molecule has 1 heterocycles. The molecule has 1 saturated carbocycles. The Labute approximate surface area is 145 Å². The molecule has 2 aromatic rings. The van der Waals surface area contributed by atoms with E-state index in [1.165, 1.54) is 43.9 Å². The lowest BCUT2D eigenvalue weighted by Gasteiger charge is -2.22. The molecule has 6 heteroatoms. The van der Waals surface area contributed by atoms with E-state index in [0.717, 1.165) is 0 Å². The van der Waals surface area contributed by atoms with Crippen molar-refractivity contribution in [1.29, 1.82) is 0 Å². The molecule has 0 atom stereocenters. The fourth-order valence-electron chi connectivity index (χ4n) is 3.17. The molecule has 0 bridgehead atoms. The zero-order valence-electron chi connectivity index (χ0n) is 13.5. The van der Waals surface area contributed by atoms with Crippen LogP contribution in [0.1, 0.15) is 49.1 Å². The minimum Gasteiger partial charge on any atom is -0.437 e. The summed E-state index contributed by atoms with van der Waals surface area (Å²) in [7, 11) is 0. The van der Waals surface area contributed by atoms with Crippen molar-refractivity contribution in [3.8, 4) is 11.6 Å². The van der Waals surface area contributed by atoms with Crippen molar-refractivity contribution >= 4 is 17.3 Å². The van der Waals surface area contributed by atoms with Crippen molar-refractivity contribution in [1.82, 2.24) is 4.98 Å². The SMILES string of the molecule is Cc1cc(Oc2ccc(C3CCCCC3)cc2Cl)ncc1[N+](=O)[O-]. The van der Waals surface area contributed by atoms with Gasteiger partial charge in [0.05, 0.1) is 9.95 Å². The summed E-state index contributed by atoms with van der Waals surface area (Å²) in [5, 5.41) is 11.4. The van der Waals surface area contributed by atoms with Crippen molar-refractivity contribution in [2.24, 2.45) is 0 Å². The summed E-state index contributed by atoms with van der Waals surface area (Å²) in [4.78, 5) is 14.4. The second-order valence-corrected chi connectivity index (χ2v) is 6.60. The Morgan fingerprint density at radius 3 is 2.62 bits per heavy atom. The van der Waals surface area contributed by atoms with Gasteiger partial charge in [0.2, 0.25) is 5.88 Å². The largest absolute Gasteiger partial charge is 0.437 e. The van der Waals surface area contributed by atoms with Crippen LogP contribution >= 0.6 is 11.6 Å². The van der Waals surface area contributed by atoms with Crippen LogP contribution in [0.15, 0.2) is 30.5 Å². The van der Waals surface area contributed by atoms with Gasteiger partial charge in [0.25, 0.3) is 5.69 Å². The number of nitro groups is 1. The molecule has 1 fully saturated rings. The summed E-state index contributed by atoms with van der Waals surface area (Å²) in [6.45, 7) is 1.65. The van der Waals surface area contributed by atoms with Crippen LogP contribution < -0.4 is 4.74 Å². The van der Waals surface area contributed by atoms with Crippen molar-refractivity contribution in [2.75, 3.05) is 0 Å². The van der Waals surface area contributed by atoms with Gasteiger partial charge >= 0.3 is 0 Å². The van der Waals surface area contributed by atoms with E-state index in [4.69, 9.17) is 16.3 Å². The third-order valence-corrected chi connectivity index (χ3v) is 4.80. The van der Waals surface area contributed by atoms with Gasteiger partial charge in [0.1, 0.15) is 11.9 Å². The third-order valence-electron chi connectivity index (χ3n) is 4.50. The van der Waals surface area contributed by atoms with Crippen LogP contribution in [0.2, 0.25) is 5.02 Å². The highest BCUT2D eigenvalue weighted by Crippen LogP contribution is 2.37. The van der Waals surface area contributed by atoms with Crippen LogP contribution in [0, 0.1) is 17.0 Å². The molecule has 1 aliphatic rings. The monoisotopic (exact) mass is 346 g/mol. The first kappa shape index (κ1) is 16.7. The van der Waals surface area contributed by atoms with Crippen LogP contribution in [0.25, 0.3) is 0 Å². The summed E-state index contributed by atoms with van der Waals surface area (Å²) in [6, 6.07) is 7.41. The molecule has 126 valence electrons. The Morgan fingerprint density at radius 2 is 2.00 bits per heavy atom. The average Bonchev–Trinajstić information content (AvgIpc) is 2.57. The fourth-order valence-corrected chi connectivity index (χ4v) is 3.40. The van der Waals surface area contributed by atoms with Gasteiger partial charge in [0, 0.05) is 11.6 Å². The first-order valence-electron chi connectivity index (χ1n) is 8.13. The summed E-state index contributed by atoms with van der Waals surface area (Å²) in [5.74, 6) is 1.38. The molecule has 24 heavy (non-hydrogen) atoms. The van der Waals surface area contributed by atoms with E-state index in [9.17, 15) is 10.1 Å². The van der Waals surface area contributed by atoms with Gasteiger partial charge in [-0.25, -0.2) is 4.98 Å². The molecule has 1 aromatic heterocycles. The van der Waals surface area contributed by atoms with Crippen molar-refractivity contribution in [3.63, 3.8) is 0 Å². The van der Waals surface area contributed by atoms with Gasteiger partial charge in [0.15, 0.2) is 0 Å². The van der Waals surface area contributed by atoms with Crippen molar-refractivity contribution in [3.05, 3.63) is 56.7 Å². The summed E-state index contributed by atoms with van der Waals surface area (Å²) < 4.78 is 5.70. The minimum atomic E-state index is -0.460.